The Hall–Kier alpha value is -0.600. The third kappa shape index (κ3) is 3.95. The number of rotatable bonds is 6. The molecule has 8 heteroatoms. The van der Waals surface area contributed by atoms with Crippen LogP contribution in [-0.4, -0.2) is 31.1 Å². The summed E-state index contributed by atoms with van der Waals surface area (Å²) in [5, 5.41) is 0.583. The largest absolute Gasteiger partial charge is 0.417 e. The van der Waals surface area contributed by atoms with Crippen LogP contribution in [0, 0.1) is 0 Å². The van der Waals surface area contributed by atoms with Crippen molar-refractivity contribution in [2.45, 2.75) is 24.4 Å². The van der Waals surface area contributed by atoms with Crippen molar-refractivity contribution >= 4 is 26.0 Å². The summed E-state index contributed by atoms with van der Waals surface area (Å²) in [6.07, 6.45) is -4.17. The maximum Gasteiger partial charge on any atom is 0.417 e. The molecule has 1 aromatic rings. The Morgan fingerprint density at radius 3 is 2.35 bits per heavy atom. The van der Waals surface area contributed by atoms with E-state index in [1.807, 2.05) is 0 Å². The quantitative estimate of drug-likeness (QED) is 0.715. The Kier molecular flexibility index (Phi) is 6.03. The molecule has 20 heavy (non-hydrogen) atoms. The van der Waals surface area contributed by atoms with E-state index in [2.05, 4.69) is 15.9 Å². The van der Waals surface area contributed by atoms with E-state index < -0.39 is 26.7 Å². The first-order valence-corrected chi connectivity index (χ1v) is 8.53. The van der Waals surface area contributed by atoms with E-state index in [4.69, 9.17) is 0 Å². The molecule has 0 saturated carbocycles. The van der Waals surface area contributed by atoms with Crippen LogP contribution in [0.1, 0.15) is 18.9 Å². The van der Waals surface area contributed by atoms with Crippen molar-refractivity contribution in [3.63, 3.8) is 0 Å². The van der Waals surface area contributed by atoms with Gasteiger partial charge in [-0.1, -0.05) is 35.0 Å². The van der Waals surface area contributed by atoms with Crippen molar-refractivity contribution in [3.8, 4) is 0 Å². The van der Waals surface area contributed by atoms with Crippen LogP contribution in [0.3, 0.4) is 0 Å². The Bertz CT molecular complexity index is 546. The van der Waals surface area contributed by atoms with Gasteiger partial charge in [0.05, 0.1) is 10.5 Å². The predicted molar refractivity (Wildman–Crippen MR) is 74.3 cm³/mol. The molecular weight excluding hydrogens is 359 g/mol. The average Bonchev–Trinajstić information content (AvgIpc) is 2.38. The fraction of sp³-hybridized carbons (Fsp3) is 0.500. The van der Waals surface area contributed by atoms with Crippen LogP contribution in [0.25, 0.3) is 0 Å². The van der Waals surface area contributed by atoms with Crippen LogP contribution in [0.4, 0.5) is 13.2 Å². The van der Waals surface area contributed by atoms with Crippen molar-refractivity contribution in [2.24, 2.45) is 0 Å². The van der Waals surface area contributed by atoms with Crippen LogP contribution < -0.4 is 0 Å². The van der Waals surface area contributed by atoms with E-state index in [1.54, 1.807) is 6.92 Å². The lowest BCUT2D eigenvalue weighted by molar-refractivity contribution is -0.139. The molecule has 0 saturated heterocycles. The molecule has 0 atom stereocenters. The highest BCUT2D eigenvalue weighted by molar-refractivity contribution is 9.09. The first-order chi connectivity index (χ1) is 9.25. The Labute approximate surface area is 125 Å². The summed E-state index contributed by atoms with van der Waals surface area (Å²) < 4.78 is 64.5. The molecule has 0 N–H and O–H groups in total. The zero-order valence-electron chi connectivity index (χ0n) is 10.8. The van der Waals surface area contributed by atoms with Gasteiger partial charge in [-0.05, 0) is 18.6 Å². The van der Waals surface area contributed by atoms with Gasteiger partial charge in [-0.3, -0.25) is 0 Å². The Morgan fingerprint density at radius 1 is 1.25 bits per heavy atom. The Morgan fingerprint density at radius 2 is 1.85 bits per heavy atom. The van der Waals surface area contributed by atoms with Crippen molar-refractivity contribution in [1.82, 2.24) is 4.31 Å². The fourth-order valence-electron chi connectivity index (χ4n) is 1.75. The topological polar surface area (TPSA) is 37.4 Å². The number of halogens is 4. The van der Waals surface area contributed by atoms with Gasteiger partial charge in [0.15, 0.2) is 0 Å². The van der Waals surface area contributed by atoms with E-state index in [0.717, 1.165) is 16.4 Å². The predicted octanol–water partition coefficient (Wildman–Crippen LogP) is 3.50. The first-order valence-electron chi connectivity index (χ1n) is 5.97. The molecule has 0 aliphatic rings. The van der Waals surface area contributed by atoms with Gasteiger partial charge in [-0.15, -0.1) is 0 Å². The zero-order chi connectivity index (χ0) is 15.4. The molecule has 0 heterocycles. The maximum absolute atomic E-state index is 12.9. The molecule has 0 spiro atoms. The second kappa shape index (κ2) is 6.91. The average molecular weight is 374 g/mol. The summed E-state index contributed by atoms with van der Waals surface area (Å²) in [6, 6.07) is 4.25. The SMILES string of the molecule is CCN(CCCBr)S(=O)(=O)c1ccccc1C(F)(F)F. The van der Waals surface area contributed by atoms with Crippen LogP contribution >= 0.6 is 15.9 Å². The highest BCUT2D eigenvalue weighted by Crippen LogP contribution is 2.35. The summed E-state index contributed by atoms with van der Waals surface area (Å²) in [4.78, 5) is -0.691. The van der Waals surface area contributed by atoms with Crippen molar-refractivity contribution < 1.29 is 21.6 Å². The monoisotopic (exact) mass is 373 g/mol. The smallest absolute Gasteiger partial charge is 0.207 e. The van der Waals surface area contributed by atoms with Gasteiger partial charge in [-0.25, -0.2) is 8.42 Å². The third-order valence-corrected chi connectivity index (χ3v) is 5.30. The van der Waals surface area contributed by atoms with Crippen LogP contribution in [0.2, 0.25) is 0 Å². The lowest BCUT2D eigenvalue weighted by atomic mass is 10.2. The summed E-state index contributed by atoms with van der Waals surface area (Å²) in [5.74, 6) is 0. The molecule has 114 valence electrons. The standard InChI is InChI=1S/C12H15BrF3NO2S/c1-2-17(9-5-8-13)20(18,19)11-7-4-3-6-10(11)12(14,15)16/h3-4,6-7H,2,5,8-9H2,1H3. The van der Waals surface area contributed by atoms with E-state index >= 15 is 0 Å². The van der Waals surface area contributed by atoms with Gasteiger partial charge in [0.2, 0.25) is 10.0 Å². The highest BCUT2D eigenvalue weighted by atomic mass is 79.9. The molecule has 3 nitrogen and oxygen atoms in total. The van der Waals surface area contributed by atoms with Gasteiger partial charge in [0, 0.05) is 18.4 Å². The summed E-state index contributed by atoms with van der Waals surface area (Å²) >= 11 is 3.17. The maximum atomic E-state index is 12.9. The van der Waals surface area contributed by atoms with Gasteiger partial charge in [0.1, 0.15) is 0 Å². The van der Waals surface area contributed by atoms with Gasteiger partial charge >= 0.3 is 6.18 Å². The fourth-order valence-corrected chi connectivity index (χ4v) is 3.70. The number of hydrogen-bond acceptors (Lipinski definition) is 2. The second-order valence-corrected chi connectivity index (χ2v) is 6.73. The van der Waals surface area contributed by atoms with Crippen LogP contribution in [0.15, 0.2) is 29.2 Å². The molecule has 0 unspecified atom stereocenters. The molecule has 0 fully saturated rings. The molecule has 0 bridgehead atoms. The lowest BCUT2D eigenvalue weighted by Gasteiger charge is -2.22. The minimum atomic E-state index is -4.70. The first kappa shape index (κ1) is 17.5. The van der Waals surface area contributed by atoms with Gasteiger partial charge in [-0.2, -0.15) is 17.5 Å². The Balaban J connectivity index is 3.28. The summed E-state index contributed by atoms with van der Waals surface area (Å²) in [6.45, 7) is 1.90. The number of alkyl halides is 4. The molecule has 1 aromatic carbocycles. The second-order valence-electron chi connectivity index (χ2n) is 4.03. The van der Waals surface area contributed by atoms with Crippen molar-refractivity contribution in [2.75, 3.05) is 18.4 Å². The highest BCUT2D eigenvalue weighted by Gasteiger charge is 2.38. The third-order valence-electron chi connectivity index (χ3n) is 2.70. The minimum absolute atomic E-state index is 0.127. The van der Waals surface area contributed by atoms with Crippen molar-refractivity contribution in [1.29, 1.82) is 0 Å². The zero-order valence-corrected chi connectivity index (χ0v) is 13.2. The number of benzene rings is 1. The van der Waals surface area contributed by atoms with E-state index in [-0.39, 0.29) is 13.1 Å². The molecular formula is C12H15BrF3NO2S. The molecule has 0 radical (unpaired) electrons. The molecule has 0 aliphatic heterocycles. The van der Waals surface area contributed by atoms with Crippen LogP contribution in [0.5, 0.6) is 0 Å². The lowest BCUT2D eigenvalue weighted by Crippen LogP contribution is -2.33. The summed E-state index contributed by atoms with van der Waals surface area (Å²) in [7, 11) is -4.14. The van der Waals surface area contributed by atoms with E-state index in [0.29, 0.717) is 11.8 Å². The number of sulfonamides is 1. The van der Waals surface area contributed by atoms with Crippen LogP contribution in [-0.2, 0) is 16.2 Å². The molecule has 1 rings (SSSR count). The normalized spacial score (nSPS) is 12.9. The molecule has 0 aliphatic carbocycles. The van der Waals surface area contributed by atoms with E-state index in [1.165, 1.54) is 12.1 Å². The number of nitrogens with zero attached hydrogens (tertiary/aromatic N) is 1. The minimum Gasteiger partial charge on any atom is -0.207 e. The summed E-state index contributed by atoms with van der Waals surface area (Å²) in [5.41, 5.74) is -1.13. The van der Waals surface area contributed by atoms with E-state index in [9.17, 15) is 21.6 Å². The molecule has 0 amide bonds. The van der Waals surface area contributed by atoms with Gasteiger partial charge in [0.25, 0.3) is 0 Å². The van der Waals surface area contributed by atoms with Crippen molar-refractivity contribution in [3.05, 3.63) is 29.8 Å². The van der Waals surface area contributed by atoms with Gasteiger partial charge < -0.3 is 0 Å². The molecule has 0 aromatic heterocycles. The number of hydrogen-bond donors (Lipinski definition) is 0.